The third kappa shape index (κ3) is 8.81. The number of carboxylic acid groups (broad SMARTS) is 1. The van der Waals surface area contributed by atoms with Crippen LogP contribution in [0.4, 0.5) is 0 Å². The highest BCUT2D eigenvalue weighted by atomic mass is 35.5. The summed E-state index contributed by atoms with van der Waals surface area (Å²) in [5, 5.41) is 29.0. The second-order valence-corrected chi connectivity index (χ2v) is 13.6. The lowest BCUT2D eigenvalue weighted by Crippen LogP contribution is -2.35. The van der Waals surface area contributed by atoms with Crippen molar-refractivity contribution in [1.29, 1.82) is 5.26 Å². The van der Waals surface area contributed by atoms with E-state index in [9.17, 15) is 20.3 Å². The molecule has 1 atom stereocenters. The number of β-amino-alcohol motifs (C(OH)–C–C–N with tert-alkyl or cyclic N) is 1. The molecule has 0 saturated carbocycles. The zero-order valence-corrected chi connectivity index (χ0v) is 29.8. The maximum Gasteiger partial charge on any atom is 0.317 e. The highest BCUT2D eigenvalue weighted by molar-refractivity contribution is 6.33. The molecule has 2 aliphatic rings. The second-order valence-electron chi connectivity index (χ2n) is 13.2. The summed E-state index contributed by atoms with van der Waals surface area (Å²) in [6, 6.07) is 17.9. The number of carboxylic acids is 1. The smallest absolute Gasteiger partial charge is 0.317 e. The largest absolute Gasteiger partial charge is 0.493 e. The van der Waals surface area contributed by atoms with E-state index in [0.717, 1.165) is 82.7 Å². The number of hydrogen-bond acceptors (Lipinski definition) is 9. The van der Waals surface area contributed by atoms with Gasteiger partial charge in [0.25, 0.3) is 0 Å². The minimum absolute atomic E-state index is 0.0858. The van der Waals surface area contributed by atoms with Gasteiger partial charge in [-0.2, -0.15) is 5.26 Å². The van der Waals surface area contributed by atoms with Crippen LogP contribution < -0.4 is 14.2 Å². The first-order chi connectivity index (χ1) is 24.7. The number of aliphatic hydroxyl groups is 1. The number of pyridine rings is 1. The van der Waals surface area contributed by atoms with E-state index in [1.165, 1.54) is 6.20 Å². The molecule has 3 aromatic carbocycles. The Morgan fingerprint density at radius 1 is 0.961 bits per heavy atom. The lowest BCUT2D eigenvalue weighted by molar-refractivity contribution is -0.138. The number of benzene rings is 3. The first-order valence-electron chi connectivity index (χ1n) is 17.3. The maximum absolute atomic E-state index is 11.5. The van der Waals surface area contributed by atoms with E-state index in [0.29, 0.717) is 48.2 Å². The topological polar surface area (TPSA) is 128 Å². The highest BCUT2D eigenvalue weighted by Gasteiger charge is 2.27. The lowest BCUT2D eigenvalue weighted by Gasteiger charge is -2.30. The number of aliphatic carboxylic acids is 1. The first-order valence-corrected chi connectivity index (χ1v) is 17.7. The Morgan fingerprint density at radius 3 is 2.51 bits per heavy atom. The van der Waals surface area contributed by atoms with E-state index in [2.05, 4.69) is 41.9 Å². The Morgan fingerprint density at radius 2 is 1.75 bits per heavy atom. The van der Waals surface area contributed by atoms with Crippen LogP contribution in [0.3, 0.4) is 0 Å². The van der Waals surface area contributed by atoms with E-state index in [-0.39, 0.29) is 25.9 Å². The summed E-state index contributed by atoms with van der Waals surface area (Å²) in [6.45, 7) is 8.65. The monoisotopic (exact) mass is 710 g/mol. The average molecular weight is 711 g/mol. The SMILES string of the molecule is Cc1c(COc2cc(OCc3cncc(C#N)c3)c3c(c2Cl)CCN(CC(=O)O)C3)cccc1-c1cccc(OCCCN2CC[C@@H](O)C2)c1C. The van der Waals surface area contributed by atoms with E-state index in [4.69, 9.17) is 25.8 Å². The molecule has 10 nitrogen and oxygen atoms in total. The Bertz CT molecular complexity index is 1930. The highest BCUT2D eigenvalue weighted by Crippen LogP contribution is 2.41. The molecule has 0 unspecified atom stereocenters. The summed E-state index contributed by atoms with van der Waals surface area (Å²) in [5.74, 6) is 1.01. The number of rotatable bonds is 14. The number of aliphatic hydroxyl groups excluding tert-OH is 1. The minimum Gasteiger partial charge on any atom is -0.493 e. The van der Waals surface area contributed by atoms with Crippen LogP contribution in [0.1, 0.15) is 51.8 Å². The fourth-order valence-electron chi connectivity index (χ4n) is 6.89. The van der Waals surface area contributed by atoms with Crippen LogP contribution >= 0.6 is 11.6 Å². The first kappa shape index (κ1) is 36.1. The second kappa shape index (κ2) is 16.6. The number of likely N-dealkylation sites (tertiary alicyclic amines) is 1. The molecule has 1 saturated heterocycles. The number of carbonyl (C=O) groups is 1. The van der Waals surface area contributed by atoms with Gasteiger partial charge in [0.05, 0.1) is 29.8 Å². The van der Waals surface area contributed by atoms with Gasteiger partial charge in [0.1, 0.15) is 36.5 Å². The zero-order valence-electron chi connectivity index (χ0n) is 29.0. The molecule has 51 heavy (non-hydrogen) atoms. The molecule has 11 heteroatoms. The van der Waals surface area contributed by atoms with Crippen molar-refractivity contribution >= 4 is 17.6 Å². The number of fused-ring (bicyclic) bond motifs is 1. The van der Waals surface area contributed by atoms with Gasteiger partial charge < -0.3 is 29.3 Å². The Balaban J connectivity index is 1.19. The van der Waals surface area contributed by atoms with Gasteiger partial charge in [-0.1, -0.05) is 41.9 Å². The summed E-state index contributed by atoms with van der Waals surface area (Å²) in [4.78, 5) is 19.8. The van der Waals surface area contributed by atoms with Crippen molar-refractivity contribution in [3.05, 3.63) is 105 Å². The predicted molar refractivity (Wildman–Crippen MR) is 194 cm³/mol. The van der Waals surface area contributed by atoms with Crippen LogP contribution in [0.5, 0.6) is 17.2 Å². The molecule has 0 bridgehead atoms. The van der Waals surface area contributed by atoms with Gasteiger partial charge in [0, 0.05) is 62.3 Å². The van der Waals surface area contributed by atoms with Gasteiger partial charge in [-0.3, -0.25) is 14.7 Å². The molecule has 1 fully saturated rings. The van der Waals surface area contributed by atoms with Crippen LogP contribution in [-0.4, -0.2) is 76.4 Å². The van der Waals surface area contributed by atoms with Crippen LogP contribution in [0.15, 0.2) is 60.9 Å². The molecular formula is C40H43ClN4O6. The van der Waals surface area contributed by atoms with E-state index < -0.39 is 5.97 Å². The lowest BCUT2D eigenvalue weighted by atomic mass is 9.93. The summed E-state index contributed by atoms with van der Waals surface area (Å²) in [5.41, 5.74) is 8.24. The third-order valence-electron chi connectivity index (χ3n) is 9.67. The van der Waals surface area contributed by atoms with Crippen molar-refractivity contribution in [3.63, 3.8) is 0 Å². The molecule has 4 aromatic rings. The average Bonchev–Trinajstić information content (AvgIpc) is 3.55. The van der Waals surface area contributed by atoms with Crippen LogP contribution in [0.25, 0.3) is 11.1 Å². The van der Waals surface area contributed by atoms with Gasteiger partial charge in [-0.25, -0.2) is 0 Å². The zero-order chi connectivity index (χ0) is 35.9. The molecule has 6 rings (SSSR count). The number of aromatic nitrogens is 1. The molecule has 0 amide bonds. The molecular weight excluding hydrogens is 668 g/mol. The van der Waals surface area contributed by atoms with Crippen molar-refractivity contribution in [2.24, 2.45) is 0 Å². The number of ether oxygens (including phenoxy) is 3. The van der Waals surface area contributed by atoms with E-state index >= 15 is 0 Å². The molecule has 266 valence electrons. The van der Waals surface area contributed by atoms with Gasteiger partial charge in [0.15, 0.2) is 0 Å². The summed E-state index contributed by atoms with van der Waals surface area (Å²) in [6.07, 6.45) is 5.23. The van der Waals surface area contributed by atoms with Crippen molar-refractivity contribution < 1.29 is 29.2 Å². The van der Waals surface area contributed by atoms with Gasteiger partial charge in [-0.15, -0.1) is 0 Å². The molecule has 0 aliphatic carbocycles. The number of halogens is 1. The number of nitriles is 1. The Hall–Kier alpha value is -4.66. The van der Waals surface area contributed by atoms with Crippen molar-refractivity contribution in [3.8, 4) is 34.4 Å². The van der Waals surface area contributed by atoms with Crippen LogP contribution in [0.2, 0.25) is 5.02 Å². The number of nitrogens with zero attached hydrogens (tertiary/aromatic N) is 4. The minimum atomic E-state index is -0.895. The molecule has 0 radical (unpaired) electrons. The standard InChI is InChI=1S/C40H43ClN4O6/c1-26-30(6-3-7-32(26)33-8-4-9-36(27(33)2)49-15-5-12-44-13-10-31(46)21-44)25-51-38-17-37(50-24-29-16-28(18-42)19-43-20-29)35-22-45(23-39(47)48)14-11-34(35)40(38)41/h3-4,6-9,16-17,19-20,31,46H,5,10-15,21-25H2,1-2H3,(H,47,48)/t31-/m1/s1. The third-order valence-corrected chi connectivity index (χ3v) is 10.1. The van der Waals surface area contributed by atoms with E-state index in [1.807, 2.05) is 29.2 Å². The van der Waals surface area contributed by atoms with Gasteiger partial charge in [0.2, 0.25) is 0 Å². The Kier molecular flexibility index (Phi) is 11.7. The predicted octanol–water partition coefficient (Wildman–Crippen LogP) is 6.33. The maximum atomic E-state index is 11.5. The molecule has 2 N–H and O–H groups in total. The van der Waals surface area contributed by atoms with Crippen molar-refractivity contribution in [1.82, 2.24) is 14.8 Å². The molecule has 3 heterocycles. The number of hydrogen-bond donors (Lipinski definition) is 2. The molecule has 2 aliphatic heterocycles. The molecule has 0 spiro atoms. The fourth-order valence-corrected chi connectivity index (χ4v) is 7.21. The quantitative estimate of drug-likeness (QED) is 0.143. The van der Waals surface area contributed by atoms with Crippen molar-refractivity contribution in [2.75, 3.05) is 39.3 Å². The summed E-state index contributed by atoms with van der Waals surface area (Å²) >= 11 is 6.99. The normalized spacial score (nSPS) is 16.0. The Labute approximate surface area is 303 Å². The van der Waals surface area contributed by atoms with E-state index in [1.54, 1.807) is 18.3 Å². The van der Waals surface area contributed by atoms with Crippen LogP contribution in [-0.2, 0) is 31.0 Å². The molecule has 1 aromatic heterocycles. The van der Waals surface area contributed by atoms with Gasteiger partial charge >= 0.3 is 5.97 Å². The van der Waals surface area contributed by atoms with Crippen LogP contribution in [0, 0.1) is 25.2 Å². The summed E-state index contributed by atoms with van der Waals surface area (Å²) in [7, 11) is 0. The van der Waals surface area contributed by atoms with Crippen molar-refractivity contribution in [2.45, 2.75) is 59.0 Å². The fraction of sp³-hybridized carbons (Fsp3) is 0.375. The van der Waals surface area contributed by atoms with Gasteiger partial charge in [-0.05, 0) is 78.6 Å². The summed E-state index contributed by atoms with van der Waals surface area (Å²) < 4.78 is 19.0.